The molecule has 2 aromatic carbocycles. The van der Waals surface area contributed by atoms with E-state index in [-0.39, 0.29) is 11.7 Å². The lowest BCUT2D eigenvalue weighted by Crippen LogP contribution is -2.15. The highest BCUT2D eigenvalue weighted by Crippen LogP contribution is 2.27. The van der Waals surface area contributed by atoms with Crippen LogP contribution >= 0.6 is 11.8 Å². The van der Waals surface area contributed by atoms with E-state index in [9.17, 15) is 4.79 Å². The van der Waals surface area contributed by atoms with Crippen LogP contribution < -0.4 is 10.1 Å². The first-order valence-electron chi connectivity index (χ1n) is 8.32. The molecule has 8 heteroatoms. The van der Waals surface area contributed by atoms with Crippen molar-refractivity contribution < 1.29 is 9.53 Å². The van der Waals surface area contributed by atoms with E-state index in [4.69, 9.17) is 4.74 Å². The van der Waals surface area contributed by atoms with Gasteiger partial charge in [-0.2, -0.15) is 0 Å². The molecule has 0 radical (unpaired) electrons. The molecular weight excluding hydrogens is 362 g/mol. The van der Waals surface area contributed by atoms with Crippen molar-refractivity contribution in [3.63, 3.8) is 0 Å². The van der Waals surface area contributed by atoms with Crippen molar-refractivity contribution in [3.8, 4) is 5.75 Å². The zero-order valence-electron chi connectivity index (χ0n) is 14.8. The molecular formula is C19H17N5O2S. The van der Waals surface area contributed by atoms with Gasteiger partial charge in [-0.15, -0.1) is 10.2 Å². The number of para-hydroxylation sites is 1. The first-order valence-corrected chi connectivity index (χ1v) is 9.31. The maximum absolute atomic E-state index is 12.2. The lowest BCUT2D eigenvalue weighted by Gasteiger charge is -2.07. The number of amides is 1. The van der Waals surface area contributed by atoms with Crippen LogP contribution in [0.25, 0.3) is 22.1 Å². The van der Waals surface area contributed by atoms with Gasteiger partial charge in [0.15, 0.2) is 5.65 Å². The third kappa shape index (κ3) is 3.56. The van der Waals surface area contributed by atoms with Crippen molar-refractivity contribution in [3.05, 3.63) is 48.0 Å². The Balaban J connectivity index is 1.50. The van der Waals surface area contributed by atoms with Crippen LogP contribution in [-0.2, 0) is 4.79 Å². The molecule has 0 bridgehead atoms. The molecule has 2 heterocycles. The molecule has 2 aromatic heterocycles. The topological polar surface area (TPSA) is 92.8 Å². The number of aromatic amines is 1. The molecule has 0 aliphatic rings. The Morgan fingerprint density at radius 3 is 2.89 bits per heavy atom. The molecule has 4 aromatic rings. The van der Waals surface area contributed by atoms with Crippen molar-refractivity contribution in [2.75, 3.05) is 18.2 Å². The van der Waals surface area contributed by atoms with Gasteiger partial charge in [0, 0.05) is 16.6 Å². The van der Waals surface area contributed by atoms with Crippen LogP contribution in [0.2, 0.25) is 0 Å². The van der Waals surface area contributed by atoms with Crippen LogP contribution in [0.15, 0.2) is 47.6 Å². The van der Waals surface area contributed by atoms with E-state index in [1.165, 1.54) is 11.8 Å². The van der Waals surface area contributed by atoms with Gasteiger partial charge in [-0.1, -0.05) is 30.0 Å². The summed E-state index contributed by atoms with van der Waals surface area (Å²) in [4.78, 5) is 19.9. The number of carbonyl (C=O) groups is 1. The lowest BCUT2D eigenvalue weighted by molar-refractivity contribution is -0.113. The number of aromatic nitrogens is 4. The quantitative estimate of drug-likeness (QED) is 0.515. The number of anilines is 1. The average Bonchev–Trinajstić information content (AvgIpc) is 3.05. The molecule has 0 aliphatic carbocycles. The normalized spacial score (nSPS) is 11.0. The van der Waals surface area contributed by atoms with Gasteiger partial charge in [0.2, 0.25) is 11.1 Å². The Labute approximate surface area is 159 Å². The number of thioether (sulfide) groups is 1. The summed E-state index contributed by atoms with van der Waals surface area (Å²) >= 11 is 1.24. The zero-order valence-corrected chi connectivity index (χ0v) is 15.6. The van der Waals surface area contributed by atoms with Crippen molar-refractivity contribution in [2.45, 2.75) is 12.1 Å². The highest BCUT2D eigenvalue weighted by molar-refractivity contribution is 7.99. The number of fused-ring (bicyclic) bond motifs is 3. The van der Waals surface area contributed by atoms with Crippen LogP contribution in [0.4, 0.5) is 5.69 Å². The van der Waals surface area contributed by atoms with Crippen molar-refractivity contribution in [2.24, 2.45) is 0 Å². The number of rotatable bonds is 5. The fourth-order valence-corrected chi connectivity index (χ4v) is 3.34. The summed E-state index contributed by atoms with van der Waals surface area (Å²) in [5.74, 6) is 0.839. The summed E-state index contributed by atoms with van der Waals surface area (Å²) in [5, 5.41) is 12.7. The zero-order chi connectivity index (χ0) is 18.8. The number of benzene rings is 2. The van der Waals surface area contributed by atoms with Crippen molar-refractivity contribution >= 4 is 45.4 Å². The van der Waals surface area contributed by atoms with Gasteiger partial charge in [0.1, 0.15) is 11.3 Å². The van der Waals surface area contributed by atoms with Crippen molar-refractivity contribution in [1.29, 1.82) is 0 Å². The third-order valence-electron chi connectivity index (χ3n) is 4.15. The second-order valence-electron chi connectivity index (χ2n) is 5.98. The third-order valence-corrected chi connectivity index (χ3v) is 4.99. The number of ether oxygens (including phenoxy) is 1. The van der Waals surface area contributed by atoms with Crippen LogP contribution in [0, 0.1) is 6.92 Å². The van der Waals surface area contributed by atoms with Gasteiger partial charge in [0.25, 0.3) is 0 Å². The number of methoxy groups -OCH3 is 1. The monoisotopic (exact) mass is 379 g/mol. The second-order valence-corrected chi connectivity index (χ2v) is 6.92. The number of aryl methyl sites for hydroxylation is 1. The molecule has 4 rings (SSSR count). The van der Waals surface area contributed by atoms with E-state index < -0.39 is 0 Å². The SMILES string of the molecule is COc1ccc2[nH]c3nc(SCC(=O)Nc4ccccc4C)nnc3c2c1. The minimum atomic E-state index is -0.112. The Kier molecular flexibility index (Phi) is 4.64. The van der Waals surface area contributed by atoms with Crippen LogP contribution in [0.5, 0.6) is 5.75 Å². The molecule has 0 saturated carbocycles. The molecule has 7 nitrogen and oxygen atoms in total. The van der Waals surface area contributed by atoms with Gasteiger partial charge in [0.05, 0.1) is 12.9 Å². The van der Waals surface area contributed by atoms with Gasteiger partial charge in [-0.05, 0) is 36.8 Å². The highest BCUT2D eigenvalue weighted by atomic mass is 32.2. The molecule has 2 N–H and O–H groups in total. The fourth-order valence-electron chi connectivity index (χ4n) is 2.75. The van der Waals surface area contributed by atoms with Gasteiger partial charge < -0.3 is 15.0 Å². The minimum Gasteiger partial charge on any atom is -0.497 e. The Morgan fingerprint density at radius 1 is 1.22 bits per heavy atom. The molecule has 136 valence electrons. The van der Waals surface area contributed by atoms with E-state index in [0.717, 1.165) is 27.9 Å². The molecule has 0 unspecified atom stereocenters. The Morgan fingerprint density at radius 2 is 2.07 bits per heavy atom. The first-order chi connectivity index (χ1) is 13.1. The van der Waals surface area contributed by atoms with E-state index in [1.54, 1.807) is 7.11 Å². The van der Waals surface area contributed by atoms with E-state index in [0.29, 0.717) is 16.3 Å². The standard InChI is InChI=1S/C19H17N5O2S/c1-11-5-3-4-6-14(11)20-16(25)10-27-19-22-18-17(23-24-19)13-9-12(26-2)7-8-15(13)21-18/h3-9H,10H2,1-2H3,(H,20,25)(H,21,22,24). The maximum Gasteiger partial charge on any atom is 0.234 e. The van der Waals surface area contributed by atoms with Crippen molar-refractivity contribution in [1.82, 2.24) is 20.2 Å². The van der Waals surface area contributed by atoms with Crippen LogP contribution in [-0.4, -0.2) is 38.9 Å². The lowest BCUT2D eigenvalue weighted by atomic mass is 10.2. The Bertz CT molecular complexity index is 1140. The predicted molar refractivity (Wildman–Crippen MR) is 106 cm³/mol. The minimum absolute atomic E-state index is 0.112. The molecule has 0 atom stereocenters. The molecule has 0 spiro atoms. The highest BCUT2D eigenvalue weighted by Gasteiger charge is 2.12. The summed E-state index contributed by atoms with van der Waals surface area (Å²) in [5.41, 5.74) is 4.05. The number of hydrogen-bond acceptors (Lipinski definition) is 6. The average molecular weight is 379 g/mol. The summed E-state index contributed by atoms with van der Waals surface area (Å²) in [6.45, 7) is 1.95. The van der Waals surface area contributed by atoms with Gasteiger partial charge in [-0.3, -0.25) is 4.79 Å². The number of carbonyl (C=O) groups excluding carboxylic acids is 1. The largest absolute Gasteiger partial charge is 0.497 e. The summed E-state index contributed by atoms with van der Waals surface area (Å²) in [6, 6.07) is 13.3. The van der Waals surface area contributed by atoms with Gasteiger partial charge >= 0.3 is 0 Å². The number of nitrogens with one attached hydrogen (secondary N) is 2. The smallest absolute Gasteiger partial charge is 0.234 e. The summed E-state index contributed by atoms with van der Waals surface area (Å²) < 4.78 is 5.26. The second kappa shape index (κ2) is 7.24. The fraction of sp³-hybridized carbons (Fsp3) is 0.158. The van der Waals surface area contributed by atoms with Crippen LogP contribution in [0.1, 0.15) is 5.56 Å². The van der Waals surface area contributed by atoms with E-state index in [2.05, 4.69) is 25.5 Å². The van der Waals surface area contributed by atoms with E-state index >= 15 is 0 Å². The maximum atomic E-state index is 12.2. The molecule has 0 aliphatic heterocycles. The number of hydrogen-bond donors (Lipinski definition) is 2. The number of nitrogens with zero attached hydrogens (tertiary/aromatic N) is 3. The van der Waals surface area contributed by atoms with Gasteiger partial charge in [-0.25, -0.2) is 4.98 Å². The molecule has 0 fully saturated rings. The van der Waals surface area contributed by atoms with E-state index in [1.807, 2.05) is 49.4 Å². The Hall–Kier alpha value is -3.13. The molecule has 1 amide bonds. The van der Waals surface area contributed by atoms with Crippen LogP contribution in [0.3, 0.4) is 0 Å². The first kappa shape index (κ1) is 17.3. The predicted octanol–water partition coefficient (Wildman–Crippen LogP) is 3.55. The summed E-state index contributed by atoms with van der Waals surface area (Å²) in [7, 11) is 1.62. The molecule has 0 saturated heterocycles. The number of H-pyrrole nitrogens is 1. The summed E-state index contributed by atoms with van der Waals surface area (Å²) in [6.07, 6.45) is 0. The molecule has 27 heavy (non-hydrogen) atoms.